The highest BCUT2D eigenvalue weighted by atomic mass is 19.3. The predicted molar refractivity (Wildman–Crippen MR) is 141 cm³/mol. The topological polar surface area (TPSA) is 119 Å². The molecule has 1 saturated carbocycles. The van der Waals surface area contributed by atoms with Crippen molar-refractivity contribution >= 4 is 23.9 Å². The molecule has 2 aromatic rings. The van der Waals surface area contributed by atoms with Gasteiger partial charge in [-0.1, -0.05) is 30.3 Å². The minimum absolute atomic E-state index is 0.00408. The summed E-state index contributed by atoms with van der Waals surface area (Å²) in [5.74, 6) is -3.72. The van der Waals surface area contributed by atoms with Crippen LogP contribution in [0.4, 0.5) is 24.2 Å². The highest BCUT2D eigenvalue weighted by Gasteiger charge is 2.40. The van der Waals surface area contributed by atoms with Crippen molar-refractivity contribution in [1.82, 2.24) is 15.6 Å². The van der Waals surface area contributed by atoms with Gasteiger partial charge in [0.1, 0.15) is 24.1 Å². The maximum Gasteiger partial charge on any atom is 0.408 e. The van der Waals surface area contributed by atoms with Gasteiger partial charge < -0.3 is 25.4 Å². The predicted octanol–water partition coefficient (Wildman–Crippen LogP) is 5.73. The molecule has 0 radical (unpaired) electrons. The van der Waals surface area contributed by atoms with Gasteiger partial charge in [-0.05, 0) is 69.7 Å². The lowest BCUT2D eigenvalue weighted by atomic mass is 9.81. The number of hydrogen-bond acceptors (Lipinski definition) is 6. The van der Waals surface area contributed by atoms with Gasteiger partial charge >= 0.3 is 12.2 Å². The van der Waals surface area contributed by atoms with Crippen LogP contribution in [0.5, 0.6) is 0 Å². The first-order valence-corrected chi connectivity index (χ1v) is 12.9. The second-order valence-electron chi connectivity index (χ2n) is 10.7. The summed E-state index contributed by atoms with van der Waals surface area (Å²) in [7, 11) is 0. The van der Waals surface area contributed by atoms with Gasteiger partial charge in [0.15, 0.2) is 0 Å². The van der Waals surface area contributed by atoms with Crippen LogP contribution < -0.4 is 16.0 Å². The molecule has 1 aromatic heterocycles. The Morgan fingerprint density at radius 3 is 2.36 bits per heavy atom. The average Bonchev–Trinajstić information content (AvgIpc) is 2.86. The van der Waals surface area contributed by atoms with Crippen LogP contribution >= 0.6 is 0 Å². The summed E-state index contributed by atoms with van der Waals surface area (Å²) in [5, 5.41) is 7.97. The highest BCUT2D eigenvalue weighted by molar-refractivity contribution is 5.96. The number of halogens is 2. The number of alkyl halides is 2. The summed E-state index contributed by atoms with van der Waals surface area (Å²) < 4.78 is 38.1. The Bertz CT molecular complexity index is 1130. The third kappa shape index (κ3) is 9.81. The van der Waals surface area contributed by atoms with E-state index in [1.165, 1.54) is 6.20 Å². The molecule has 3 rings (SSSR count). The lowest BCUT2D eigenvalue weighted by Crippen LogP contribution is -2.50. The van der Waals surface area contributed by atoms with Crippen molar-refractivity contribution in [2.75, 3.05) is 5.32 Å². The number of nitrogens with one attached hydrogen (secondary N) is 3. The van der Waals surface area contributed by atoms with Crippen molar-refractivity contribution in [2.45, 2.75) is 83.6 Å². The first-order chi connectivity index (χ1) is 18.3. The molecule has 11 heteroatoms. The molecule has 0 bridgehead atoms. The van der Waals surface area contributed by atoms with Crippen LogP contribution in [0, 0.1) is 5.92 Å². The van der Waals surface area contributed by atoms with Gasteiger partial charge in [-0.25, -0.2) is 23.4 Å². The summed E-state index contributed by atoms with van der Waals surface area (Å²) in [6.07, 6.45) is -0.565. The van der Waals surface area contributed by atoms with Crippen molar-refractivity contribution < 1.29 is 32.6 Å². The number of benzene rings is 1. The summed E-state index contributed by atoms with van der Waals surface area (Å²) in [5.41, 5.74) is 0.755. The molecule has 0 saturated heterocycles. The molecule has 1 aliphatic carbocycles. The number of carbonyl (C=O) groups is 3. The molecule has 0 aliphatic heterocycles. The fraction of sp³-hybridized carbons (Fsp3) is 0.500. The van der Waals surface area contributed by atoms with E-state index in [0.717, 1.165) is 5.56 Å². The monoisotopic (exact) mass is 546 g/mol. The molecule has 1 aliphatic rings. The minimum atomic E-state index is -2.79. The molecular weight excluding hydrogens is 510 g/mol. The number of anilines is 1. The van der Waals surface area contributed by atoms with E-state index in [1.54, 1.807) is 64.1 Å². The van der Waals surface area contributed by atoms with Gasteiger partial charge in [0, 0.05) is 19.0 Å². The molecule has 3 N–H and O–H groups in total. The van der Waals surface area contributed by atoms with E-state index in [0.29, 0.717) is 5.56 Å². The van der Waals surface area contributed by atoms with E-state index in [-0.39, 0.29) is 38.1 Å². The molecular formula is C28H36F2N4O5. The first-order valence-electron chi connectivity index (χ1n) is 12.9. The number of hydrogen-bond donors (Lipinski definition) is 3. The Balaban J connectivity index is 1.68. The lowest BCUT2D eigenvalue weighted by molar-refractivity contribution is -0.121. The van der Waals surface area contributed by atoms with Crippen LogP contribution in [0.1, 0.15) is 70.5 Å². The fourth-order valence-electron chi connectivity index (χ4n) is 4.24. The van der Waals surface area contributed by atoms with Crippen LogP contribution in [0.25, 0.3) is 0 Å². The fourth-order valence-corrected chi connectivity index (χ4v) is 4.24. The molecule has 9 nitrogen and oxygen atoms in total. The Labute approximate surface area is 227 Å². The molecule has 1 fully saturated rings. The van der Waals surface area contributed by atoms with E-state index in [9.17, 15) is 23.2 Å². The minimum Gasteiger partial charge on any atom is -0.445 e. The Morgan fingerprint density at radius 2 is 1.72 bits per heavy atom. The molecule has 3 amide bonds. The zero-order chi connectivity index (χ0) is 28.6. The molecule has 212 valence electrons. The number of rotatable bonds is 8. The lowest BCUT2D eigenvalue weighted by Gasteiger charge is -2.33. The van der Waals surface area contributed by atoms with Crippen LogP contribution in [-0.4, -0.2) is 40.6 Å². The smallest absolute Gasteiger partial charge is 0.408 e. The molecule has 0 unspecified atom stereocenters. The van der Waals surface area contributed by atoms with E-state index in [4.69, 9.17) is 9.47 Å². The van der Waals surface area contributed by atoms with Gasteiger partial charge in [-0.2, -0.15) is 0 Å². The van der Waals surface area contributed by atoms with Crippen molar-refractivity contribution in [2.24, 2.45) is 5.92 Å². The molecule has 1 heterocycles. The van der Waals surface area contributed by atoms with Crippen molar-refractivity contribution in [3.63, 3.8) is 0 Å². The number of pyridine rings is 1. The van der Waals surface area contributed by atoms with E-state index in [1.807, 2.05) is 6.07 Å². The zero-order valence-corrected chi connectivity index (χ0v) is 22.6. The Hall–Kier alpha value is -3.76. The molecule has 39 heavy (non-hydrogen) atoms. The van der Waals surface area contributed by atoms with Gasteiger partial charge in [0.05, 0.1) is 6.04 Å². The molecule has 2 atom stereocenters. The van der Waals surface area contributed by atoms with E-state index < -0.39 is 47.6 Å². The quantitative estimate of drug-likeness (QED) is 0.389. The van der Waals surface area contributed by atoms with Crippen molar-refractivity contribution in [1.29, 1.82) is 0 Å². The standard InChI is InChI=1S/C28H36F2N4O5/c1-18(32-26(37)39-27(2,3)4)21-12-15-31-22(16-21)33-24(35)23(20-10-13-28(29,30)14-11-20)34-25(36)38-17-19-8-6-5-7-9-19/h5-9,12,15-16,18,20,23H,10-11,13-14,17H2,1-4H3,(H,32,37)(H,34,36)(H,31,33,35)/t18-,23+/m1/s1. The second-order valence-corrected chi connectivity index (χ2v) is 10.7. The number of ether oxygens (including phenoxy) is 2. The van der Waals surface area contributed by atoms with Gasteiger partial charge in [-0.3, -0.25) is 4.79 Å². The van der Waals surface area contributed by atoms with Crippen LogP contribution in [0.15, 0.2) is 48.7 Å². The maximum atomic E-state index is 13.8. The second kappa shape index (κ2) is 12.9. The third-order valence-corrected chi connectivity index (χ3v) is 6.27. The zero-order valence-electron chi connectivity index (χ0n) is 22.6. The van der Waals surface area contributed by atoms with Crippen LogP contribution in [-0.2, 0) is 20.9 Å². The van der Waals surface area contributed by atoms with Crippen LogP contribution in [0.3, 0.4) is 0 Å². The molecule has 1 aromatic carbocycles. The van der Waals surface area contributed by atoms with Crippen molar-refractivity contribution in [3.05, 3.63) is 59.8 Å². The average molecular weight is 547 g/mol. The largest absolute Gasteiger partial charge is 0.445 e. The number of nitrogens with zero attached hydrogens (tertiary/aromatic N) is 1. The van der Waals surface area contributed by atoms with E-state index >= 15 is 0 Å². The maximum absolute atomic E-state index is 13.8. The number of alkyl carbamates (subject to hydrolysis) is 2. The van der Waals surface area contributed by atoms with Crippen molar-refractivity contribution in [3.8, 4) is 0 Å². The van der Waals surface area contributed by atoms with E-state index in [2.05, 4.69) is 20.9 Å². The van der Waals surface area contributed by atoms with Crippen LogP contribution in [0.2, 0.25) is 0 Å². The molecule has 0 spiro atoms. The SMILES string of the molecule is C[C@@H](NC(=O)OC(C)(C)C)c1ccnc(NC(=O)[C@@H](NC(=O)OCc2ccccc2)C2CCC(F)(F)CC2)c1. The van der Waals surface area contributed by atoms with Gasteiger partial charge in [-0.15, -0.1) is 0 Å². The normalized spacial score (nSPS) is 16.9. The Morgan fingerprint density at radius 1 is 1.05 bits per heavy atom. The van der Waals surface area contributed by atoms with Gasteiger partial charge in [0.2, 0.25) is 11.8 Å². The summed E-state index contributed by atoms with van der Waals surface area (Å²) in [6, 6.07) is 10.7. The first kappa shape index (κ1) is 29.8. The van der Waals surface area contributed by atoms with Gasteiger partial charge in [0.25, 0.3) is 0 Å². The number of aromatic nitrogens is 1. The number of carbonyl (C=O) groups excluding carboxylic acids is 3. The Kier molecular flexibility index (Phi) is 9.82. The third-order valence-electron chi connectivity index (χ3n) is 6.27. The summed E-state index contributed by atoms with van der Waals surface area (Å²) >= 11 is 0. The summed E-state index contributed by atoms with van der Waals surface area (Å²) in [6.45, 7) is 7.02. The summed E-state index contributed by atoms with van der Waals surface area (Å²) in [4.78, 5) is 42.2. The number of amides is 3. The highest BCUT2D eigenvalue weighted by Crippen LogP contribution is 2.37.